The van der Waals surface area contributed by atoms with Crippen molar-refractivity contribution in [3.8, 4) is 11.5 Å². The first-order valence-corrected chi connectivity index (χ1v) is 7.70. The van der Waals surface area contributed by atoms with Crippen LogP contribution in [0.4, 0.5) is 4.39 Å². The third-order valence-corrected chi connectivity index (χ3v) is 4.42. The quantitative estimate of drug-likeness (QED) is 0.942. The largest absolute Gasteiger partial charge is 0.334 e. The molecule has 1 N–H and O–H groups in total. The minimum Gasteiger partial charge on any atom is -0.334 e. The Morgan fingerprint density at radius 1 is 1.38 bits per heavy atom. The summed E-state index contributed by atoms with van der Waals surface area (Å²) in [5.41, 5.74) is 0.512. The van der Waals surface area contributed by atoms with E-state index < -0.39 is 11.0 Å². The Bertz CT molecular complexity index is 652. The van der Waals surface area contributed by atoms with Crippen molar-refractivity contribution in [2.24, 2.45) is 0 Å². The van der Waals surface area contributed by atoms with Crippen molar-refractivity contribution in [2.75, 3.05) is 0 Å². The van der Waals surface area contributed by atoms with Gasteiger partial charge < -0.3 is 4.52 Å². The number of aromatic nitrogens is 2. The number of hydrogen-bond donors (Lipinski definition) is 1. The molecule has 0 bridgehead atoms. The zero-order valence-corrected chi connectivity index (χ0v) is 13.2. The molecule has 0 unspecified atom stereocenters. The molecule has 7 heteroatoms. The second kappa shape index (κ2) is 6.03. The third kappa shape index (κ3) is 3.95. The first-order valence-electron chi connectivity index (χ1n) is 6.55. The number of rotatable bonds is 4. The van der Waals surface area contributed by atoms with E-state index in [-0.39, 0.29) is 22.5 Å². The van der Waals surface area contributed by atoms with Gasteiger partial charge in [-0.1, -0.05) is 11.2 Å². The van der Waals surface area contributed by atoms with Crippen LogP contribution >= 0.6 is 0 Å². The lowest BCUT2D eigenvalue weighted by Gasteiger charge is -2.20. The minimum atomic E-state index is -1.24. The fraction of sp³-hybridized carbons (Fsp3) is 0.429. The summed E-state index contributed by atoms with van der Waals surface area (Å²) in [5, 5.41) is 3.85. The fourth-order valence-electron chi connectivity index (χ4n) is 1.54. The molecule has 21 heavy (non-hydrogen) atoms. The summed E-state index contributed by atoms with van der Waals surface area (Å²) >= 11 is 0. The van der Waals surface area contributed by atoms with Crippen molar-refractivity contribution in [3.63, 3.8) is 0 Å². The van der Waals surface area contributed by atoms with Gasteiger partial charge >= 0.3 is 0 Å². The first-order chi connectivity index (χ1) is 9.77. The summed E-state index contributed by atoms with van der Waals surface area (Å²) in [6.07, 6.45) is 0. The van der Waals surface area contributed by atoms with E-state index in [0.29, 0.717) is 11.4 Å². The second-order valence-corrected chi connectivity index (χ2v) is 7.69. The van der Waals surface area contributed by atoms with Gasteiger partial charge in [0, 0.05) is 5.56 Å². The van der Waals surface area contributed by atoms with Crippen LogP contribution in [-0.4, -0.2) is 19.1 Å². The number of nitrogens with one attached hydrogen (secondary N) is 1. The van der Waals surface area contributed by atoms with Crippen LogP contribution in [-0.2, 0) is 11.0 Å². The Morgan fingerprint density at radius 2 is 2.10 bits per heavy atom. The van der Waals surface area contributed by atoms with E-state index in [1.807, 2.05) is 20.8 Å². The van der Waals surface area contributed by atoms with Crippen molar-refractivity contribution in [2.45, 2.75) is 38.5 Å². The number of hydrogen-bond acceptors (Lipinski definition) is 4. The summed E-state index contributed by atoms with van der Waals surface area (Å²) < 4.78 is 32.9. The highest BCUT2D eigenvalue weighted by molar-refractivity contribution is 7.84. The summed E-state index contributed by atoms with van der Waals surface area (Å²) in [6.45, 7) is 7.41. The van der Waals surface area contributed by atoms with Crippen LogP contribution < -0.4 is 4.72 Å². The molecule has 1 heterocycles. The van der Waals surface area contributed by atoms with Gasteiger partial charge in [-0.15, -0.1) is 0 Å². The SMILES string of the molecule is C[C@@H](N[S@](=O)C(C)(C)C)c1noc(-c2cccc(F)c2)n1. The molecule has 0 aliphatic rings. The van der Waals surface area contributed by atoms with Gasteiger partial charge in [0.05, 0.1) is 21.8 Å². The molecule has 2 aromatic rings. The van der Waals surface area contributed by atoms with Gasteiger partial charge in [-0.05, 0) is 45.9 Å². The summed E-state index contributed by atoms with van der Waals surface area (Å²) in [6, 6.07) is 5.59. The molecule has 0 radical (unpaired) electrons. The summed E-state index contributed by atoms with van der Waals surface area (Å²) in [4.78, 5) is 4.22. The van der Waals surface area contributed by atoms with E-state index in [4.69, 9.17) is 4.52 Å². The van der Waals surface area contributed by atoms with E-state index >= 15 is 0 Å². The fourth-order valence-corrected chi connectivity index (χ4v) is 2.32. The Hall–Kier alpha value is -1.60. The van der Waals surface area contributed by atoms with E-state index in [2.05, 4.69) is 14.9 Å². The van der Waals surface area contributed by atoms with Gasteiger partial charge in [0.15, 0.2) is 5.82 Å². The van der Waals surface area contributed by atoms with Crippen molar-refractivity contribution in [1.29, 1.82) is 0 Å². The number of benzene rings is 1. The van der Waals surface area contributed by atoms with Gasteiger partial charge in [0.25, 0.3) is 5.89 Å². The number of halogens is 1. The van der Waals surface area contributed by atoms with Crippen LogP contribution in [0.3, 0.4) is 0 Å². The van der Waals surface area contributed by atoms with Crippen LogP contribution in [0.25, 0.3) is 11.5 Å². The van der Waals surface area contributed by atoms with Gasteiger partial charge in [-0.3, -0.25) is 0 Å². The average Bonchev–Trinajstić information content (AvgIpc) is 2.87. The predicted molar refractivity (Wildman–Crippen MR) is 79.1 cm³/mol. The van der Waals surface area contributed by atoms with Gasteiger partial charge in [-0.2, -0.15) is 4.98 Å². The van der Waals surface area contributed by atoms with Crippen molar-refractivity contribution in [1.82, 2.24) is 14.9 Å². The maximum Gasteiger partial charge on any atom is 0.258 e. The van der Waals surface area contributed by atoms with E-state index in [0.717, 1.165) is 0 Å². The molecule has 2 rings (SSSR count). The van der Waals surface area contributed by atoms with Gasteiger partial charge in [-0.25, -0.2) is 13.3 Å². The normalized spacial score (nSPS) is 14.9. The van der Waals surface area contributed by atoms with Crippen LogP contribution in [0.5, 0.6) is 0 Å². The van der Waals surface area contributed by atoms with Crippen molar-refractivity contribution < 1.29 is 13.1 Å². The molecule has 2 atom stereocenters. The zero-order valence-electron chi connectivity index (χ0n) is 12.4. The lowest BCUT2D eigenvalue weighted by molar-refractivity contribution is 0.415. The lowest BCUT2D eigenvalue weighted by Crippen LogP contribution is -2.35. The molecule has 0 aliphatic heterocycles. The van der Waals surface area contributed by atoms with Crippen LogP contribution in [0.15, 0.2) is 28.8 Å². The summed E-state index contributed by atoms with van der Waals surface area (Å²) in [7, 11) is -1.24. The molecular weight excluding hydrogens is 293 g/mol. The molecule has 0 aliphatic carbocycles. The van der Waals surface area contributed by atoms with Gasteiger partial charge in [0.1, 0.15) is 5.82 Å². The maximum absolute atomic E-state index is 13.2. The molecule has 0 saturated heterocycles. The van der Waals surface area contributed by atoms with E-state index in [1.54, 1.807) is 19.1 Å². The smallest absolute Gasteiger partial charge is 0.258 e. The molecule has 5 nitrogen and oxygen atoms in total. The van der Waals surface area contributed by atoms with E-state index in [9.17, 15) is 8.60 Å². The Labute approximate surface area is 125 Å². The number of nitrogens with zero attached hydrogens (tertiary/aromatic N) is 2. The monoisotopic (exact) mass is 311 g/mol. The standard InChI is InChI=1S/C14H18FN3O2S/c1-9(18-21(19)14(2,3)4)12-16-13(20-17-12)10-6-5-7-11(15)8-10/h5-9,18H,1-4H3/t9-,21-/m1/s1. The molecule has 0 saturated carbocycles. The molecule has 1 aromatic carbocycles. The van der Waals surface area contributed by atoms with Crippen molar-refractivity contribution >= 4 is 11.0 Å². The molecule has 1 aromatic heterocycles. The van der Waals surface area contributed by atoms with E-state index in [1.165, 1.54) is 12.1 Å². The maximum atomic E-state index is 13.2. The zero-order chi connectivity index (χ0) is 15.6. The Kier molecular flexibility index (Phi) is 4.53. The highest BCUT2D eigenvalue weighted by Gasteiger charge is 2.24. The molecular formula is C14H18FN3O2S. The second-order valence-electron chi connectivity index (χ2n) is 5.69. The Balaban J connectivity index is 2.14. The van der Waals surface area contributed by atoms with Crippen LogP contribution in [0.1, 0.15) is 39.6 Å². The van der Waals surface area contributed by atoms with Crippen LogP contribution in [0, 0.1) is 5.82 Å². The molecule has 0 spiro atoms. The van der Waals surface area contributed by atoms with Gasteiger partial charge in [0.2, 0.25) is 0 Å². The highest BCUT2D eigenvalue weighted by atomic mass is 32.2. The highest BCUT2D eigenvalue weighted by Crippen LogP contribution is 2.21. The van der Waals surface area contributed by atoms with Crippen LogP contribution in [0.2, 0.25) is 0 Å². The molecule has 0 amide bonds. The molecule has 114 valence electrons. The average molecular weight is 311 g/mol. The Morgan fingerprint density at radius 3 is 2.71 bits per heavy atom. The minimum absolute atomic E-state index is 0.236. The summed E-state index contributed by atoms with van der Waals surface area (Å²) in [5.74, 6) is 0.249. The molecule has 0 fully saturated rings. The lowest BCUT2D eigenvalue weighted by atomic mass is 10.2. The topological polar surface area (TPSA) is 68.0 Å². The third-order valence-electron chi connectivity index (χ3n) is 2.74. The first kappa shape index (κ1) is 15.8. The predicted octanol–water partition coefficient (Wildman–Crippen LogP) is 2.99. The van der Waals surface area contributed by atoms with Crippen molar-refractivity contribution in [3.05, 3.63) is 35.9 Å².